The second-order valence-corrected chi connectivity index (χ2v) is 8.01. The van der Waals surface area contributed by atoms with Gasteiger partial charge >= 0.3 is 0 Å². The summed E-state index contributed by atoms with van der Waals surface area (Å²) in [6, 6.07) is 0. The number of hydrogen-bond donors (Lipinski definition) is 1. The number of hydrogen-bond acceptors (Lipinski definition) is 6. The van der Waals surface area contributed by atoms with E-state index in [0.29, 0.717) is 0 Å². The van der Waals surface area contributed by atoms with Crippen LogP contribution in [0.1, 0.15) is 13.8 Å². The van der Waals surface area contributed by atoms with Crippen LogP contribution in [-0.4, -0.2) is 146 Å². The van der Waals surface area contributed by atoms with E-state index in [4.69, 9.17) is 11.6 Å². The normalized spacial score (nSPS) is 11.1. The van der Waals surface area contributed by atoms with Crippen molar-refractivity contribution in [3.8, 4) is 0 Å². The van der Waals surface area contributed by atoms with Gasteiger partial charge in [-0.15, -0.1) is 11.6 Å². The standard InChI is InChI=1S/C10H25N3.C8H21N3.C2H5Cl/c1-6-12(4)9-10-13(5)8-7-11(2)3;1-9-5-6-11(4)8-7-10(2)3;1-2-3/h6-10H2,1-5H3;9H,5-8H2,1-4H3;2H2,1H3. The summed E-state index contributed by atoms with van der Waals surface area (Å²) < 4.78 is 0. The molecule has 0 unspecified atom stereocenters. The highest BCUT2D eigenvalue weighted by Crippen LogP contribution is 1.87. The lowest BCUT2D eigenvalue weighted by atomic mass is 10.4. The van der Waals surface area contributed by atoms with Crippen molar-refractivity contribution in [2.45, 2.75) is 13.8 Å². The highest BCUT2D eigenvalue weighted by molar-refractivity contribution is 6.17. The molecule has 0 aromatic rings. The smallest absolute Gasteiger partial charge is 0.0195 e. The maximum absolute atomic E-state index is 5.00. The summed E-state index contributed by atoms with van der Waals surface area (Å²) in [5.41, 5.74) is 0. The molecule has 27 heavy (non-hydrogen) atoms. The second kappa shape index (κ2) is 24.1. The van der Waals surface area contributed by atoms with E-state index >= 15 is 0 Å². The lowest BCUT2D eigenvalue weighted by Gasteiger charge is -2.22. The minimum atomic E-state index is 0.722. The Bertz CT molecular complexity index is 267. The van der Waals surface area contributed by atoms with E-state index in [1.54, 1.807) is 0 Å². The van der Waals surface area contributed by atoms with Gasteiger partial charge in [-0.1, -0.05) is 13.8 Å². The van der Waals surface area contributed by atoms with Gasteiger partial charge in [0.25, 0.3) is 0 Å². The number of likely N-dealkylation sites (N-methyl/N-ethyl adjacent to an activating group) is 6. The molecule has 0 aromatic heterocycles. The Hall–Kier alpha value is 0.0500. The van der Waals surface area contributed by atoms with Gasteiger partial charge in [0.1, 0.15) is 0 Å². The van der Waals surface area contributed by atoms with Crippen LogP contribution < -0.4 is 5.32 Å². The zero-order valence-corrected chi connectivity index (χ0v) is 20.9. The van der Waals surface area contributed by atoms with Crippen molar-refractivity contribution in [3.05, 3.63) is 0 Å². The van der Waals surface area contributed by atoms with Crippen LogP contribution in [0.25, 0.3) is 0 Å². The van der Waals surface area contributed by atoms with Crippen LogP contribution >= 0.6 is 11.6 Å². The minimum Gasteiger partial charge on any atom is -0.318 e. The Morgan fingerprint density at radius 3 is 1.26 bits per heavy atom. The van der Waals surface area contributed by atoms with E-state index in [0.717, 1.165) is 58.2 Å². The van der Waals surface area contributed by atoms with Crippen molar-refractivity contribution in [1.82, 2.24) is 29.8 Å². The molecule has 0 spiro atoms. The summed E-state index contributed by atoms with van der Waals surface area (Å²) >= 11 is 5.00. The first-order valence-corrected chi connectivity index (χ1v) is 10.7. The van der Waals surface area contributed by atoms with Gasteiger partial charge in [-0.05, 0) is 62.9 Å². The fraction of sp³-hybridized carbons (Fsp3) is 1.00. The molecule has 0 bridgehead atoms. The van der Waals surface area contributed by atoms with E-state index in [1.807, 2.05) is 14.0 Å². The number of nitrogens with zero attached hydrogens (tertiary/aromatic N) is 5. The first kappa shape index (κ1) is 31.7. The van der Waals surface area contributed by atoms with Gasteiger partial charge < -0.3 is 29.8 Å². The van der Waals surface area contributed by atoms with Gasteiger partial charge in [-0.3, -0.25) is 0 Å². The van der Waals surface area contributed by atoms with Crippen LogP contribution in [-0.2, 0) is 0 Å². The zero-order valence-electron chi connectivity index (χ0n) is 20.2. The molecule has 0 fully saturated rings. The molecule has 1 N–H and O–H groups in total. The molecule has 0 heterocycles. The summed E-state index contributed by atoms with van der Waals surface area (Å²) in [4.78, 5) is 11.5. The largest absolute Gasteiger partial charge is 0.318 e. The van der Waals surface area contributed by atoms with E-state index < -0.39 is 0 Å². The molecule has 0 radical (unpaired) electrons. The van der Waals surface area contributed by atoms with Crippen molar-refractivity contribution >= 4 is 11.6 Å². The molecule has 0 rings (SSSR count). The quantitative estimate of drug-likeness (QED) is 0.461. The summed E-state index contributed by atoms with van der Waals surface area (Å²) in [6.45, 7) is 14.3. The predicted molar refractivity (Wildman–Crippen MR) is 126 cm³/mol. The molecule has 0 amide bonds. The van der Waals surface area contributed by atoms with E-state index in [2.05, 4.69) is 86.1 Å². The van der Waals surface area contributed by atoms with Crippen molar-refractivity contribution < 1.29 is 0 Å². The average molecular weight is 411 g/mol. The molecule has 7 heteroatoms. The fourth-order valence-corrected chi connectivity index (χ4v) is 1.77. The van der Waals surface area contributed by atoms with Crippen LogP contribution in [0.15, 0.2) is 0 Å². The van der Waals surface area contributed by atoms with Crippen molar-refractivity contribution in [1.29, 1.82) is 0 Å². The third kappa shape index (κ3) is 34.0. The van der Waals surface area contributed by atoms with Crippen LogP contribution in [0.3, 0.4) is 0 Å². The Kier molecular flexibility index (Phi) is 28.3. The molecule has 168 valence electrons. The highest BCUT2D eigenvalue weighted by Gasteiger charge is 2.00. The molecule has 0 aliphatic carbocycles. The Morgan fingerprint density at radius 2 is 0.926 bits per heavy atom. The number of nitrogens with one attached hydrogen (secondary N) is 1. The molecular formula is C20H51ClN6. The van der Waals surface area contributed by atoms with Gasteiger partial charge in [0, 0.05) is 58.2 Å². The Labute approximate surface area is 176 Å². The molecule has 0 saturated heterocycles. The van der Waals surface area contributed by atoms with Gasteiger partial charge in [0.05, 0.1) is 0 Å². The van der Waals surface area contributed by atoms with Crippen LogP contribution in [0, 0.1) is 0 Å². The monoisotopic (exact) mass is 410 g/mol. The second-order valence-electron chi connectivity index (χ2n) is 7.48. The summed E-state index contributed by atoms with van der Waals surface area (Å²) in [5, 5.41) is 3.13. The number of alkyl halides is 1. The summed E-state index contributed by atoms with van der Waals surface area (Å²) in [7, 11) is 16.9. The maximum Gasteiger partial charge on any atom is 0.0195 e. The average Bonchev–Trinajstić information content (AvgIpc) is 2.62. The molecule has 0 aliphatic heterocycles. The Morgan fingerprint density at radius 1 is 0.593 bits per heavy atom. The van der Waals surface area contributed by atoms with Crippen molar-refractivity contribution in [3.63, 3.8) is 0 Å². The molecule has 0 saturated carbocycles. The van der Waals surface area contributed by atoms with Gasteiger partial charge in [0.15, 0.2) is 0 Å². The van der Waals surface area contributed by atoms with Gasteiger partial charge in [-0.2, -0.15) is 0 Å². The van der Waals surface area contributed by atoms with Gasteiger partial charge in [-0.25, -0.2) is 0 Å². The molecule has 0 aliphatic rings. The lowest BCUT2D eigenvalue weighted by molar-refractivity contribution is 0.242. The predicted octanol–water partition coefficient (Wildman–Crippen LogP) is 1.38. The van der Waals surface area contributed by atoms with Gasteiger partial charge in [0.2, 0.25) is 0 Å². The van der Waals surface area contributed by atoms with Crippen molar-refractivity contribution in [2.75, 3.05) is 121 Å². The molecule has 0 aromatic carbocycles. The van der Waals surface area contributed by atoms with Crippen molar-refractivity contribution in [2.24, 2.45) is 0 Å². The molecule has 6 nitrogen and oxygen atoms in total. The lowest BCUT2D eigenvalue weighted by Crippen LogP contribution is -2.34. The number of halogens is 1. The third-order valence-corrected chi connectivity index (χ3v) is 4.00. The minimum absolute atomic E-state index is 0.722. The number of rotatable bonds is 13. The fourth-order valence-electron chi connectivity index (χ4n) is 1.77. The SMILES string of the molecule is CCCl.CCN(C)CCN(C)CCN(C)C.CNCCN(C)CCN(C)C. The van der Waals surface area contributed by atoms with Crippen LogP contribution in [0.2, 0.25) is 0 Å². The Balaban J connectivity index is -0.000000376. The summed E-state index contributed by atoms with van der Waals surface area (Å²) in [5.74, 6) is 0.722. The molecular weight excluding hydrogens is 360 g/mol. The van der Waals surface area contributed by atoms with E-state index in [1.165, 1.54) is 6.54 Å². The first-order valence-electron chi connectivity index (χ1n) is 10.2. The topological polar surface area (TPSA) is 28.2 Å². The first-order chi connectivity index (χ1) is 12.6. The molecule has 0 atom stereocenters. The van der Waals surface area contributed by atoms with Crippen LogP contribution in [0.5, 0.6) is 0 Å². The van der Waals surface area contributed by atoms with Crippen LogP contribution in [0.4, 0.5) is 0 Å². The van der Waals surface area contributed by atoms with E-state index in [9.17, 15) is 0 Å². The zero-order chi connectivity index (χ0) is 21.7. The highest BCUT2D eigenvalue weighted by atomic mass is 35.5. The third-order valence-electron chi connectivity index (χ3n) is 4.00. The summed E-state index contributed by atoms with van der Waals surface area (Å²) in [6.07, 6.45) is 0. The maximum atomic E-state index is 5.00. The van der Waals surface area contributed by atoms with E-state index in [-0.39, 0.29) is 0 Å².